The van der Waals surface area contributed by atoms with Crippen LogP contribution >= 0.6 is 0 Å². The maximum absolute atomic E-state index is 11.7. The van der Waals surface area contributed by atoms with Gasteiger partial charge in [-0.3, -0.25) is 0 Å². The first kappa shape index (κ1) is 15.7. The second-order valence-electron chi connectivity index (χ2n) is 3.79. The van der Waals surface area contributed by atoms with Crippen LogP contribution in [0.2, 0.25) is 0 Å². The molecule has 98 valence electrons. The highest BCUT2D eigenvalue weighted by Crippen LogP contribution is 2.19. The molecule has 0 bridgehead atoms. The monoisotopic (exact) mass is 242 g/mol. The highest BCUT2D eigenvalue weighted by atomic mass is 16.5. The van der Waals surface area contributed by atoms with Gasteiger partial charge in [-0.1, -0.05) is 26.7 Å². The predicted octanol–water partition coefficient (Wildman–Crippen LogP) is 2.62. The summed E-state index contributed by atoms with van der Waals surface area (Å²) in [5, 5.41) is 0. The average Bonchev–Trinajstić information content (AvgIpc) is 2.36. The van der Waals surface area contributed by atoms with Crippen molar-refractivity contribution in [3.05, 3.63) is 11.1 Å². The molecule has 0 N–H and O–H groups in total. The highest BCUT2D eigenvalue weighted by Gasteiger charge is 2.20. The first-order valence-corrected chi connectivity index (χ1v) is 6.00. The third-order valence-electron chi connectivity index (χ3n) is 2.51. The van der Waals surface area contributed by atoms with E-state index < -0.39 is 11.9 Å². The molecule has 0 radical (unpaired) electrons. The molecule has 4 heteroatoms. The summed E-state index contributed by atoms with van der Waals surface area (Å²) in [5.41, 5.74) is 0.915. The van der Waals surface area contributed by atoms with Crippen molar-refractivity contribution in [3.63, 3.8) is 0 Å². The van der Waals surface area contributed by atoms with Crippen LogP contribution in [0, 0.1) is 0 Å². The smallest absolute Gasteiger partial charge is 0.334 e. The summed E-state index contributed by atoms with van der Waals surface area (Å²) in [6.07, 6.45) is 3.71. The first-order chi connectivity index (χ1) is 8.12. The van der Waals surface area contributed by atoms with Gasteiger partial charge >= 0.3 is 11.9 Å². The number of unbranched alkanes of at least 4 members (excludes halogenated alkanes) is 1. The summed E-state index contributed by atoms with van der Waals surface area (Å²) in [5.74, 6) is -0.851. The van der Waals surface area contributed by atoms with E-state index in [-0.39, 0.29) is 0 Å². The van der Waals surface area contributed by atoms with Crippen LogP contribution < -0.4 is 0 Å². The highest BCUT2D eigenvalue weighted by molar-refractivity contribution is 6.00. The molecule has 0 aliphatic carbocycles. The average molecular weight is 242 g/mol. The van der Waals surface area contributed by atoms with Gasteiger partial charge < -0.3 is 9.47 Å². The molecule has 0 atom stereocenters. The fourth-order valence-corrected chi connectivity index (χ4v) is 1.60. The number of ether oxygens (including phenoxy) is 2. The zero-order valence-electron chi connectivity index (χ0n) is 11.2. The van der Waals surface area contributed by atoms with Crippen molar-refractivity contribution < 1.29 is 19.1 Å². The molecule has 0 rings (SSSR count). The standard InChI is InChI=1S/C13H22O4/c1-5-7-9-11(13(15)17-4)10(8-6-2)12(14)16-3/h5-9H2,1-4H3. The molecule has 0 aromatic carbocycles. The van der Waals surface area contributed by atoms with Crippen molar-refractivity contribution >= 4 is 11.9 Å². The number of hydrogen-bond acceptors (Lipinski definition) is 4. The Balaban J connectivity index is 5.21. The zero-order valence-corrected chi connectivity index (χ0v) is 11.2. The Morgan fingerprint density at radius 1 is 0.824 bits per heavy atom. The van der Waals surface area contributed by atoms with Crippen LogP contribution in [0.15, 0.2) is 11.1 Å². The van der Waals surface area contributed by atoms with Crippen molar-refractivity contribution in [1.82, 2.24) is 0 Å². The van der Waals surface area contributed by atoms with Crippen LogP contribution in [0.3, 0.4) is 0 Å². The van der Waals surface area contributed by atoms with Gasteiger partial charge in [0.25, 0.3) is 0 Å². The van der Waals surface area contributed by atoms with Crippen LogP contribution in [0.5, 0.6) is 0 Å². The summed E-state index contributed by atoms with van der Waals surface area (Å²) in [4.78, 5) is 23.3. The molecule has 0 aliphatic rings. The maximum Gasteiger partial charge on any atom is 0.334 e. The van der Waals surface area contributed by atoms with E-state index in [1.54, 1.807) is 0 Å². The molecule has 4 nitrogen and oxygen atoms in total. The fraction of sp³-hybridized carbons (Fsp3) is 0.692. The van der Waals surface area contributed by atoms with Gasteiger partial charge in [0.15, 0.2) is 0 Å². The lowest BCUT2D eigenvalue weighted by Gasteiger charge is -2.11. The quantitative estimate of drug-likeness (QED) is 0.508. The van der Waals surface area contributed by atoms with Crippen LogP contribution in [-0.2, 0) is 19.1 Å². The molecule has 0 amide bonds. The first-order valence-electron chi connectivity index (χ1n) is 6.00. The SMILES string of the molecule is CCCCC(C(=O)OC)=C(CCC)C(=O)OC. The van der Waals surface area contributed by atoms with E-state index in [1.165, 1.54) is 14.2 Å². The van der Waals surface area contributed by atoms with Gasteiger partial charge in [0.2, 0.25) is 0 Å². The van der Waals surface area contributed by atoms with Gasteiger partial charge in [0.1, 0.15) is 0 Å². The van der Waals surface area contributed by atoms with E-state index in [1.807, 2.05) is 13.8 Å². The molecule has 0 aromatic heterocycles. The van der Waals surface area contributed by atoms with Crippen molar-refractivity contribution in [1.29, 1.82) is 0 Å². The van der Waals surface area contributed by atoms with E-state index in [2.05, 4.69) is 0 Å². The summed E-state index contributed by atoms with van der Waals surface area (Å²) < 4.78 is 9.44. The van der Waals surface area contributed by atoms with Crippen LogP contribution in [-0.4, -0.2) is 26.2 Å². The molecule has 17 heavy (non-hydrogen) atoms. The fourth-order valence-electron chi connectivity index (χ4n) is 1.60. The van der Waals surface area contributed by atoms with E-state index >= 15 is 0 Å². The minimum Gasteiger partial charge on any atom is -0.466 e. The number of methoxy groups -OCH3 is 2. The maximum atomic E-state index is 11.7. The molecule has 0 aliphatic heterocycles. The molecule has 0 aromatic rings. The molecular weight excluding hydrogens is 220 g/mol. The molecular formula is C13H22O4. The predicted molar refractivity (Wildman–Crippen MR) is 65.5 cm³/mol. The minimum absolute atomic E-state index is 0.424. The number of rotatable bonds is 7. The summed E-state index contributed by atoms with van der Waals surface area (Å²) in [6.45, 7) is 3.99. The second-order valence-corrected chi connectivity index (χ2v) is 3.79. The molecule has 0 fully saturated rings. The largest absolute Gasteiger partial charge is 0.466 e. The van der Waals surface area contributed by atoms with Crippen molar-refractivity contribution in [2.75, 3.05) is 14.2 Å². The third-order valence-corrected chi connectivity index (χ3v) is 2.51. The Morgan fingerprint density at radius 2 is 1.29 bits per heavy atom. The van der Waals surface area contributed by atoms with Gasteiger partial charge in [0.05, 0.1) is 14.2 Å². The second kappa shape index (κ2) is 8.79. The molecule has 0 saturated heterocycles. The van der Waals surface area contributed by atoms with Gasteiger partial charge in [-0.2, -0.15) is 0 Å². The van der Waals surface area contributed by atoms with Crippen molar-refractivity contribution in [2.45, 2.75) is 46.0 Å². The third kappa shape index (κ3) is 5.02. The van der Waals surface area contributed by atoms with Crippen LogP contribution in [0.1, 0.15) is 46.0 Å². The van der Waals surface area contributed by atoms with Gasteiger partial charge in [-0.25, -0.2) is 9.59 Å². The normalized spacial score (nSPS) is 11.8. The van der Waals surface area contributed by atoms with E-state index in [4.69, 9.17) is 9.47 Å². The number of hydrogen-bond donors (Lipinski definition) is 0. The van der Waals surface area contributed by atoms with Crippen LogP contribution in [0.25, 0.3) is 0 Å². The number of esters is 2. The molecule has 0 saturated carbocycles. The lowest BCUT2D eigenvalue weighted by molar-refractivity contribution is -0.139. The van der Waals surface area contributed by atoms with Crippen molar-refractivity contribution in [3.8, 4) is 0 Å². The Labute approximate surface area is 103 Å². The Bertz CT molecular complexity index is 292. The molecule has 0 heterocycles. The summed E-state index contributed by atoms with van der Waals surface area (Å²) >= 11 is 0. The lowest BCUT2D eigenvalue weighted by Crippen LogP contribution is -2.15. The topological polar surface area (TPSA) is 52.6 Å². The van der Waals surface area contributed by atoms with Crippen molar-refractivity contribution in [2.24, 2.45) is 0 Å². The van der Waals surface area contributed by atoms with E-state index in [0.717, 1.165) is 19.3 Å². The number of carbonyl (C=O) groups is 2. The van der Waals surface area contributed by atoms with Crippen LogP contribution in [0.4, 0.5) is 0 Å². The van der Waals surface area contributed by atoms with Gasteiger partial charge in [-0.15, -0.1) is 0 Å². The Morgan fingerprint density at radius 3 is 1.65 bits per heavy atom. The molecule has 0 spiro atoms. The van der Waals surface area contributed by atoms with Gasteiger partial charge in [0, 0.05) is 11.1 Å². The summed E-state index contributed by atoms with van der Waals surface area (Å²) in [6, 6.07) is 0. The summed E-state index contributed by atoms with van der Waals surface area (Å²) in [7, 11) is 2.65. The lowest BCUT2D eigenvalue weighted by atomic mass is 9.99. The number of carbonyl (C=O) groups excluding carboxylic acids is 2. The molecule has 0 unspecified atom stereocenters. The minimum atomic E-state index is -0.427. The Hall–Kier alpha value is -1.32. The zero-order chi connectivity index (χ0) is 13.3. The van der Waals surface area contributed by atoms with Gasteiger partial charge in [-0.05, 0) is 19.3 Å². The van der Waals surface area contributed by atoms with E-state index in [9.17, 15) is 9.59 Å². The van der Waals surface area contributed by atoms with E-state index in [0.29, 0.717) is 24.0 Å². The Kier molecular flexibility index (Phi) is 8.11.